The lowest BCUT2D eigenvalue weighted by molar-refractivity contribution is 1.62. The summed E-state index contributed by atoms with van der Waals surface area (Å²) >= 11 is 0. The highest BCUT2D eigenvalue weighted by molar-refractivity contribution is 6.26. The van der Waals surface area contributed by atoms with E-state index < -0.39 is 0 Å². The maximum atomic E-state index is 2.45. The van der Waals surface area contributed by atoms with Crippen LogP contribution in [0.2, 0.25) is 0 Å². The Morgan fingerprint density at radius 3 is 0.700 bits per heavy atom. The van der Waals surface area contributed by atoms with E-state index in [4.69, 9.17) is 0 Å². The van der Waals surface area contributed by atoms with E-state index in [0.717, 1.165) is 0 Å². The Morgan fingerprint density at radius 2 is 0.400 bits per heavy atom. The van der Waals surface area contributed by atoms with Crippen LogP contribution in [0.15, 0.2) is 218 Å². The van der Waals surface area contributed by atoms with Crippen LogP contribution in [0.25, 0.3) is 130 Å². The van der Waals surface area contributed by atoms with Crippen LogP contribution in [0, 0.1) is 0 Å². The summed E-state index contributed by atoms with van der Waals surface area (Å²) < 4.78 is 0. The normalized spacial score (nSPS) is 12.0. The zero-order chi connectivity index (χ0) is 39.3. The fourth-order valence-electron chi connectivity index (χ4n) is 10.4. The van der Waals surface area contributed by atoms with E-state index in [2.05, 4.69) is 218 Å². The lowest BCUT2D eigenvalue weighted by atomic mass is 9.85. The molecule has 0 spiro atoms. The summed E-state index contributed by atoms with van der Waals surface area (Å²) in [7, 11) is 0. The molecule has 0 amide bonds. The summed E-state index contributed by atoms with van der Waals surface area (Å²) in [5.74, 6) is 0. The van der Waals surface area contributed by atoms with Gasteiger partial charge in [0.2, 0.25) is 0 Å². The van der Waals surface area contributed by atoms with Gasteiger partial charge in [0.1, 0.15) is 0 Å². The Kier molecular flexibility index (Phi) is 7.11. The minimum Gasteiger partial charge on any atom is -0.0616 e. The molecule has 13 aromatic rings. The zero-order valence-electron chi connectivity index (χ0n) is 32.8. The molecule has 0 aromatic heterocycles. The average molecular weight is 757 g/mol. The van der Waals surface area contributed by atoms with Gasteiger partial charge in [0.15, 0.2) is 0 Å². The van der Waals surface area contributed by atoms with Gasteiger partial charge in [-0.2, -0.15) is 0 Å². The third kappa shape index (κ3) is 4.92. The minimum atomic E-state index is 1.21. The molecule has 0 heterocycles. The molecule has 0 nitrogen and oxygen atoms in total. The topological polar surface area (TPSA) is 0 Å². The van der Waals surface area contributed by atoms with Gasteiger partial charge in [-0.3, -0.25) is 0 Å². The minimum absolute atomic E-state index is 1.21. The van der Waals surface area contributed by atoms with Gasteiger partial charge in [0.25, 0.3) is 0 Å². The molecule has 0 bridgehead atoms. The first kappa shape index (κ1) is 33.2. The highest BCUT2D eigenvalue weighted by Crippen LogP contribution is 2.46. The third-order valence-electron chi connectivity index (χ3n) is 13.1. The van der Waals surface area contributed by atoms with Crippen molar-refractivity contribution in [2.75, 3.05) is 0 Å². The fraction of sp³-hybridized carbons (Fsp3) is 0. The Bertz CT molecular complexity index is 3520. The van der Waals surface area contributed by atoms with E-state index in [9.17, 15) is 0 Å². The molecule has 60 heavy (non-hydrogen) atoms. The molecular weight excluding hydrogens is 721 g/mol. The van der Waals surface area contributed by atoms with Crippen LogP contribution in [0.5, 0.6) is 0 Å². The van der Waals surface area contributed by atoms with E-state index in [1.54, 1.807) is 0 Å². The van der Waals surface area contributed by atoms with E-state index >= 15 is 0 Å². The van der Waals surface area contributed by atoms with Crippen LogP contribution in [0.1, 0.15) is 0 Å². The molecule has 13 rings (SSSR count). The summed E-state index contributed by atoms with van der Waals surface area (Å²) in [6.07, 6.45) is 0. The predicted octanol–water partition coefficient (Wildman–Crippen LogP) is 17.1. The summed E-state index contributed by atoms with van der Waals surface area (Å²) in [6, 6.07) is 81.7. The smallest absolute Gasteiger partial charge is 0.00264 e. The van der Waals surface area contributed by atoms with Crippen molar-refractivity contribution in [3.63, 3.8) is 0 Å². The molecule has 0 aliphatic rings. The number of hydrogen-bond acceptors (Lipinski definition) is 0. The summed E-state index contributed by atoms with van der Waals surface area (Å²) in [5, 5.41) is 22.9. The maximum Gasteiger partial charge on any atom is -0.00264 e. The number of fused-ring (bicyclic) bond motifs is 15. The van der Waals surface area contributed by atoms with Crippen LogP contribution in [-0.2, 0) is 0 Å². The molecule has 0 fully saturated rings. The fourth-order valence-corrected chi connectivity index (χ4v) is 10.4. The highest BCUT2D eigenvalue weighted by Gasteiger charge is 2.18. The van der Waals surface area contributed by atoms with E-state index in [0.29, 0.717) is 0 Å². The molecule has 0 radical (unpaired) electrons. The Labute approximate surface area is 347 Å². The van der Waals surface area contributed by atoms with Crippen molar-refractivity contribution in [3.8, 4) is 33.4 Å². The van der Waals surface area contributed by atoms with Crippen LogP contribution in [0.3, 0.4) is 0 Å². The van der Waals surface area contributed by atoms with Crippen LogP contribution < -0.4 is 0 Å². The zero-order valence-corrected chi connectivity index (χ0v) is 32.8. The van der Waals surface area contributed by atoms with E-state index in [-0.39, 0.29) is 0 Å². The molecule has 0 saturated heterocycles. The van der Waals surface area contributed by atoms with Crippen molar-refractivity contribution < 1.29 is 0 Å². The molecule has 0 unspecified atom stereocenters. The van der Waals surface area contributed by atoms with Crippen molar-refractivity contribution >= 4 is 97.0 Å². The van der Waals surface area contributed by atoms with Gasteiger partial charge < -0.3 is 0 Å². The molecule has 0 aliphatic carbocycles. The molecule has 276 valence electrons. The van der Waals surface area contributed by atoms with Crippen molar-refractivity contribution in [1.29, 1.82) is 0 Å². The van der Waals surface area contributed by atoms with Gasteiger partial charge in [-0.15, -0.1) is 0 Å². The maximum absolute atomic E-state index is 2.45. The van der Waals surface area contributed by atoms with Crippen molar-refractivity contribution in [1.82, 2.24) is 0 Å². The summed E-state index contributed by atoms with van der Waals surface area (Å²) in [6.45, 7) is 0. The Morgan fingerprint density at radius 1 is 0.167 bits per heavy atom. The first-order valence-corrected chi connectivity index (χ1v) is 20.9. The second-order valence-corrected chi connectivity index (χ2v) is 16.4. The molecule has 0 aliphatic heterocycles. The molecule has 0 atom stereocenters. The summed E-state index contributed by atoms with van der Waals surface area (Å²) in [5.41, 5.74) is 7.34. The quantitative estimate of drug-likeness (QED) is 0.158. The molecule has 0 N–H and O–H groups in total. The summed E-state index contributed by atoms with van der Waals surface area (Å²) in [4.78, 5) is 0. The second kappa shape index (κ2) is 12.9. The van der Waals surface area contributed by atoms with E-state index in [1.165, 1.54) is 130 Å². The van der Waals surface area contributed by atoms with Crippen molar-refractivity contribution in [3.05, 3.63) is 218 Å². The van der Waals surface area contributed by atoms with Gasteiger partial charge >= 0.3 is 0 Å². The number of benzene rings is 13. The lowest BCUT2D eigenvalue weighted by Crippen LogP contribution is -1.92. The molecule has 0 saturated carbocycles. The van der Waals surface area contributed by atoms with Crippen LogP contribution in [0.4, 0.5) is 0 Å². The molecule has 13 aromatic carbocycles. The van der Waals surface area contributed by atoms with Crippen LogP contribution in [-0.4, -0.2) is 0 Å². The van der Waals surface area contributed by atoms with Crippen molar-refractivity contribution in [2.24, 2.45) is 0 Å². The lowest BCUT2D eigenvalue weighted by Gasteiger charge is -2.19. The predicted molar refractivity (Wildman–Crippen MR) is 260 cm³/mol. The largest absolute Gasteiger partial charge is 0.0616 e. The van der Waals surface area contributed by atoms with Gasteiger partial charge in [-0.25, -0.2) is 0 Å². The monoisotopic (exact) mass is 756 g/mol. The standard InChI is InChI=1S/C60H36/c1-4-16-46-37(13-1)25-28-40-34-55(49-19-7-10-22-52(49)58(40)46)43-31-44(56-35-41-29-26-38-14-2-5-17-47(38)59(41)53-23-11-8-20-50(53)56)33-45(32-43)57-36-42-30-27-39-15-3-6-18-48(39)60(42)54-24-12-9-21-51(54)57/h1-36H. The van der Waals surface area contributed by atoms with Gasteiger partial charge in [-0.05, 0) is 167 Å². The Hall–Kier alpha value is -7.80. The van der Waals surface area contributed by atoms with Gasteiger partial charge in [0.05, 0.1) is 0 Å². The third-order valence-corrected chi connectivity index (χ3v) is 13.1. The van der Waals surface area contributed by atoms with Gasteiger partial charge in [0, 0.05) is 0 Å². The van der Waals surface area contributed by atoms with Gasteiger partial charge in [-0.1, -0.05) is 182 Å². The molecule has 0 heteroatoms. The second-order valence-electron chi connectivity index (χ2n) is 16.4. The number of hydrogen-bond donors (Lipinski definition) is 0. The van der Waals surface area contributed by atoms with E-state index in [1.807, 2.05) is 0 Å². The Balaban J connectivity index is 1.16. The average Bonchev–Trinajstić information content (AvgIpc) is 3.32. The first-order chi connectivity index (χ1) is 29.7. The first-order valence-electron chi connectivity index (χ1n) is 20.9. The van der Waals surface area contributed by atoms with Crippen molar-refractivity contribution in [2.45, 2.75) is 0 Å². The van der Waals surface area contributed by atoms with Crippen LogP contribution >= 0.6 is 0 Å². The SMILES string of the molecule is c1ccc2c(c1)ccc1cc(-c3cc(-c4cc5ccc6ccccc6c5c5ccccc45)cc(-c4cc5ccc6ccccc6c5c5ccccc45)c3)c3ccccc3c12. The highest BCUT2D eigenvalue weighted by atomic mass is 14.2. The number of rotatable bonds is 3. The molecular formula is C60H36.